The Morgan fingerprint density at radius 1 is 0.938 bits per heavy atom. The van der Waals surface area contributed by atoms with Gasteiger partial charge < -0.3 is 18.9 Å². The van der Waals surface area contributed by atoms with Crippen LogP contribution in [-0.2, 0) is 27.2 Å². The maximum atomic E-state index is 11.9. The van der Waals surface area contributed by atoms with Gasteiger partial charge >= 0.3 is 11.9 Å². The summed E-state index contributed by atoms with van der Waals surface area (Å²) in [5.74, 6) is 0.945. The molecule has 0 bridgehead atoms. The van der Waals surface area contributed by atoms with Crippen molar-refractivity contribution in [1.82, 2.24) is 0 Å². The predicted octanol–water partition coefficient (Wildman–Crippen LogP) is 4.87. The van der Waals surface area contributed by atoms with Crippen LogP contribution in [0.2, 0.25) is 0 Å². The number of carbonyl (C=O) groups excluding carboxylic acids is 2. The number of fused-ring (bicyclic) bond motifs is 3. The molecule has 1 saturated heterocycles. The molecule has 1 aliphatic heterocycles. The molecule has 0 radical (unpaired) electrons. The fraction of sp³-hybridized carbons (Fsp3) is 0.462. The van der Waals surface area contributed by atoms with Gasteiger partial charge in [-0.2, -0.15) is 0 Å². The van der Waals surface area contributed by atoms with E-state index in [0.29, 0.717) is 32.0 Å². The third-order valence-electron chi connectivity index (χ3n) is 6.04. The second-order valence-electron chi connectivity index (χ2n) is 8.04. The third-order valence-corrected chi connectivity index (χ3v) is 6.04. The molecule has 0 saturated carbocycles. The summed E-state index contributed by atoms with van der Waals surface area (Å²) in [5.41, 5.74) is 5.81. The number of cyclic esters (lactones) is 2. The van der Waals surface area contributed by atoms with Crippen LogP contribution in [0.15, 0.2) is 24.3 Å². The second-order valence-corrected chi connectivity index (χ2v) is 8.04. The lowest BCUT2D eigenvalue weighted by Gasteiger charge is -2.23. The zero-order valence-corrected chi connectivity index (χ0v) is 19.0. The highest BCUT2D eigenvalue weighted by atomic mass is 16.6. The van der Waals surface area contributed by atoms with Gasteiger partial charge in [0.25, 0.3) is 0 Å². The van der Waals surface area contributed by atoms with Gasteiger partial charge in [0, 0.05) is 11.1 Å². The first kappa shape index (κ1) is 22.2. The number of benzene rings is 2. The molecule has 4 rings (SSSR count). The molecule has 1 unspecified atom stereocenters. The van der Waals surface area contributed by atoms with Gasteiger partial charge in [0.05, 0.1) is 32.2 Å². The Hall–Kier alpha value is -3.02. The largest absolute Gasteiger partial charge is 0.490 e. The van der Waals surface area contributed by atoms with Crippen molar-refractivity contribution in [3.05, 3.63) is 41.0 Å². The van der Waals surface area contributed by atoms with Crippen molar-refractivity contribution in [2.24, 2.45) is 5.92 Å². The zero-order chi connectivity index (χ0) is 22.7. The van der Waals surface area contributed by atoms with E-state index in [-0.39, 0.29) is 12.3 Å². The Bertz CT molecular complexity index is 1030. The van der Waals surface area contributed by atoms with E-state index >= 15 is 0 Å². The predicted molar refractivity (Wildman–Crippen MR) is 120 cm³/mol. The van der Waals surface area contributed by atoms with Crippen LogP contribution in [0.25, 0.3) is 11.1 Å². The van der Waals surface area contributed by atoms with Crippen molar-refractivity contribution >= 4 is 11.9 Å². The van der Waals surface area contributed by atoms with Crippen molar-refractivity contribution in [2.45, 2.75) is 52.9 Å². The summed E-state index contributed by atoms with van der Waals surface area (Å²) in [6.07, 6.45) is 3.05. The molecule has 0 spiro atoms. The molecule has 1 atom stereocenters. The first-order chi connectivity index (χ1) is 15.6. The Labute approximate surface area is 188 Å². The number of rotatable bonds is 10. The van der Waals surface area contributed by atoms with Crippen LogP contribution in [0.1, 0.15) is 56.7 Å². The van der Waals surface area contributed by atoms with Gasteiger partial charge in [-0.1, -0.05) is 24.3 Å². The highest BCUT2D eigenvalue weighted by Crippen LogP contribution is 2.54. The molecule has 1 aliphatic carbocycles. The molecule has 2 aromatic rings. The number of hydrogen-bond acceptors (Lipinski definition) is 6. The van der Waals surface area contributed by atoms with Gasteiger partial charge in [-0.15, -0.1) is 0 Å². The van der Waals surface area contributed by atoms with Gasteiger partial charge in [-0.25, -0.2) is 0 Å². The quantitative estimate of drug-likeness (QED) is 0.332. The molecule has 6 nitrogen and oxygen atoms in total. The van der Waals surface area contributed by atoms with E-state index < -0.39 is 11.9 Å². The summed E-state index contributed by atoms with van der Waals surface area (Å²) in [6.45, 7) is 7.41. The monoisotopic (exact) mass is 438 g/mol. The average Bonchev–Trinajstić information content (AvgIpc) is 3.31. The van der Waals surface area contributed by atoms with Crippen molar-refractivity contribution in [3.8, 4) is 28.4 Å². The molecule has 2 aromatic carbocycles. The Kier molecular flexibility index (Phi) is 6.68. The van der Waals surface area contributed by atoms with Crippen molar-refractivity contribution in [3.63, 3.8) is 0 Å². The van der Waals surface area contributed by atoms with E-state index in [4.69, 9.17) is 18.9 Å². The normalized spacial score (nSPS) is 16.5. The molecule has 6 heteroatoms. The maximum Gasteiger partial charge on any atom is 0.317 e. The highest BCUT2D eigenvalue weighted by Gasteiger charge is 2.35. The summed E-state index contributed by atoms with van der Waals surface area (Å²) in [4.78, 5) is 23.3. The maximum absolute atomic E-state index is 11.9. The third kappa shape index (κ3) is 4.06. The van der Waals surface area contributed by atoms with E-state index in [0.717, 1.165) is 41.9 Å². The molecular formula is C26H30O6. The zero-order valence-electron chi connectivity index (χ0n) is 19.0. The smallest absolute Gasteiger partial charge is 0.317 e. The molecule has 0 amide bonds. The number of carbonyl (C=O) groups is 2. The lowest BCUT2D eigenvalue weighted by Crippen LogP contribution is -2.10. The minimum atomic E-state index is -0.425. The van der Waals surface area contributed by atoms with Crippen LogP contribution >= 0.6 is 0 Å². The molecule has 0 N–H and O–H groups in total. The van der Waals surface area contributed by atoms with E-state index in [9.17, 15) is 9.59 Å². The van der Waals surface area contributed by atoms with Gasteiger partial charge in [0.1, 0.15) is 0 Å². The molecule has 0 aromatic heterocycles. The van der Waals surface area contributed by atoms with Gasteiger partial charge in [0.2, 0.25) is 5.75 Å². The number of esters is 2. The molecule has 2 aliphatic rings. The number of hydrogen-bond donors (Lipinski definition) is 0. The van der Waals surface area contributed by atoms with Crippen LogP contribution in [-0.4, -0.2) is 31.8 Å². The standard InChI is InChI=1S/C26H30O6/c1-4-29-23-19(13-9-11-17-15-21(27)32-26(17)28)20-14-16-10-7-8-12-18(16)22(20)24(30-5-2)25(23)31-6-3/h7-8,10,12,17H,4-6,9,11,13-15H2,1-3H3. The van der Waals surface area contributed by atoms with Crippen LogP contribution in [0, 0.1) is 5.92 Å². The highest BCUT2D eigenvalue weighted by molar-refractivity contribution is 5.94. The average molecular weight is 439 g/mol. The first-order valence-electron chi connectivity index (χ1n) is 11.5. The first-order valence-corrected chi connectivity index (χ1v) is 11.5. The Balaban J connectivity index is 1.77. The van der Waals surface area contributed by atoms with Gasteiger partial charge in [-0.3, -0.25) is 9.59 Å². The van der Waals surface area contributed by atoms with E-state index in [1.807, 2.05) is 26.8 Å². The van der Waals surface area contributed by atoms with E-state index in [1.54, 1.807) is 0 Å². The molecule has 170 valence electrons. The van der Waals surface area contributed by atoms with E-state index in [2.05, 4.69) is 18.2 Å². The minimum Gasteiger partial charge on any atom is -0.490 e. The Morgan fingerprint density at radius 3 is 2.31 bits per heavy atom. The summed E-state index contributed by atoms with van der Waals surface area (Å²) in [7, 11) is 0. The molecular weight excluding hydrogens is 408 g/mol. The van der Waals surface area contributed by atoms with Crippen LogP contribution in [0.4, 0.5) is 0 Å². The lowest BCUT2D eigenvalue weighted by molar-refractivity contribution is -0.153. The van der Waals surface area contributed by atoms with Gasteiger partial charge in [-0.05, 0) is 63.1 Å². The minimum absolute atomic E-state index is 0.175. The van der Waals surface area contributed by atoms with Crippen LogP contribution in [0.5, 0.6) is 17.2 Å². The van der Waals surface area contributed by atoms with E-state index in [1.165, 1.54) is 16.7 Å². The summed E-state index contributed by atoms with van der Waals surface area (Å²) in [5, 5.41) is 0. The summed E-state index contributed by atoms with van der Waals surface area (Å²) < 4.78 is 23.1. The van der Waals surface area contributed by atoms with Crippen molar-refractivity contribution in [1.29, 1.82) is 0 Å². The van der Waals surface area contributed by atoms with Crippen molar-refractivity contribution in [2.75, 3.05) is 19.8 Å². The van der Waals surface area contributed by atoms with Crippen LogP contribution < -0.4 is 14.2 Å². The fourth-order valence-corrected chi connectivity index (χ4v) is 4.75. The topological polar surface area (TPSA) is 71.1 Å². The second kappa shape index (κ2) is 9.63. The fourth-order valence-electron chi connectivity index (χ4n) is 4.75. The summed E-state index contributed by atoms with van der Waals surface area (Å²) >= 11 is 0. The SMILES string of the molecule is CCOc1c(CCCC2CC(=O)OC2=O)c2c(c(OCC)c1OCC)-c1ccccc1C2. The summed E-state index contributed by atoms with van der Waals surface area (Å²) in [6, 6.07) is 8.38. The molecule has 1 fully saturated rings. The number of ether oxygens (including phenoxy) is 4. The van der Waals surface area contributed by atoms with Crippen LogP contribution in [0.3, 0.4) is 0 Å². The molecule has 1 heterocycles. The molecule has 32 heavy (non-hydrogen) atoms. The van der Waals surface area contributed by atoms with Gasteiger partial charge in [0.15, 0.2) is 11.5 Å². The Morgan fingerprint density at radius 2 is 1.62 bits per heavy atom. The lowest BCUT2D eigenvalue weighted by atomic mass is 9.92. The van der Waals surface area contributed by atoms with Crippen molar-refractivity contribution < 1.29 is 28.5 Å².